The molecule has 0 saturated heterocycles. The normalized spacial score (nSPS) is 8.43. The molecule has 2 aromatic rings. The summed E-state index contributed by atoms with van der Waals surface area (Å²) in [6.07, 6.45) is 1.95. The average molecular weight is 215 g/mol. The Kier molecular flexibility index (Phi) is 5.67. The molecule has 0 fully saturated rings. The maximum Gasteiger partial charge on any atom is 0.692 e. The molecule has 14 heavy (non-hydrogen) atoms. The SMILES string of the molecule is N.O=[P+](O)O.c1ccc2[nH]ccc2c1. The summed E-state index contributed by atoms with van der Waals surface area (Å²) in [7, 11) is -2.87. The monoisotopic (exact) mass is 215 g/mol. The predicted molar refractivity (Wildman–Crippen MR) is 55.4 cm³/mol. The van der Waals surface area contributed by atoms with E-state index in [1.165, 1.54) is 10.9 Å². The molecule has 0 atom stereocenters. The topological polar surface area (TPSA) is 108 Å². The standard InChI is InChI=1S/C8H7N.H3N.HO3P/c1-2-4-8-7(3-1)5-6-9-8;;1-4(2)3/h1-6,9H;1H3;(H-,1,2,3)/p+1. The highest BCUT2D eigenvalue weighted by molar-refractivity contribution is 7.30. The van der Waals surface area contributed by atoms with Gasteiger partial charge in [-0.1, -0.05) is 18.2 Å². The first kappa shape index (κ1) is 12.7. The van der Waals surface area contributed by atoms with Gasteiger partial charge in [0.25, 0.3) is 0 Å². The fraction of sp³-hybridized carbons (Fsp3) is 0. The molecule has 6 heteroatoms. The lowest BCUT2D eigenvalue weighted by atomic mass is 10.3. The van der Waals surface area contributed by atoms with Crippen molar-refractivity contribution in [2.24, 2.45) is 0 Å². The van der Waals surface area contributed by atoms with Crippen LogP contribution in [0.3, 0.4) is 0 Å². The highest BCUT2D eigenvalue weighted by atomic mass is 31.1. The van der Waals surface area contributed by atoms with Gasteiger partial charge in [0.1, 0.15) is 0 Å². The van der Waals surface area contributed by atoms with Gasteiger partial charge in [0.2, 0.25) is 0 Å². The Morgan fingerprint density at radius 1 is 1.14 bits per heavy atom. The summed E-state index contributed by atoms with van der Waals surface area (Å²) in [5.74, 6) is 0. The average Bonchev–Trinajstić information content (AvgIpc) is 2.49. The third kappa shape index (κ3) is 4.11. The summed E-state index contributed by atoms with van der Waals surface area (Å²) in [6.45, 7) is 0. The lowest BCUT2D eigenvalue weighted by Gasteiger charge is -1.83. The second kappa shape index (κ2) is 6.23. The van der Waals surface area contributed by atoms with Crippen molar-refractivity contribution in [1.29, 1.82) is 0 Å². The minimum absolute atomic E-state index is 0. The summed E-state index contributed by atoms with van der Waals surface area (Å²) < 4.78 is 8.70. The van der Waals surface area contributed by atoms with Crippen LogP contribution in [-0.2, 0) is 4.57 Å². The fourth-order valence-electron chi connectivity index (χ4n) is 0.995. The van der Waals surface area contributed by atoms with Gasteiger partial charge in [-0.2, -0.15) is 0 Å². The third-order valence-electron chi connectivity index (χ3n) is 1.46. The van der Waals surface area contributed by atoms with Gasteiger partial charge in [-0.3, -0.25) is 0 Å². The van der Waals surface area contributed by atoms with Crippen molar-refractivity contribution in [2.45, 2.75) is 0 Å². The molecule has 0 radical (unpaired) electrons. The summed E-state index contributed by atoms with van der Waals surface area (Å²) in [5.41, 5.74) is 1.21. The Bertz CT molecular complexity index is 368. The van der Waals surface area contributed by atoms with Crippen molar-refractivity contribution in [3.8, 4) is 0 Å². The zero-order chi connectivity index (χ0) is 9.68. The first-order chi connectivity index (χ1) is 6.20. The minimum Gasteiger partial charge on any atom is -0.361 e. The quantitative estimate of drug-likeness (QED) is 0.503. The Morgan fingerprint density at radius 3 is 2.29 bits per heavy atom. The molecular formula is C8H12N2O3P+. The summed E-state index contributed by atoms with van der Waals surface area (Å²) in [5, 5.41) is 1.28. The van der Waals surface area contributed by atoms with Crippen LogP contribution in [0.4, 0.5) is 0 Å². The Hall–Kier alpha value is -1.26. The van der Waals surface area contributed by atoms with Crippen molar-refractivity contribution in [3.05, 3.63) is 36.5 Å². The number of rotatable bonds is 0. The zero-order valence-electron chi connectivity index (χ0n) is 7.42. The molecule has 0 spiro atoms. The van der Waals surface area contributed by atoms with E-state index >= 15 is 0 Å². The van der Waals surface area contributed by atoms with Crippen LogP contribution in [-0.4, -0.2) is 14.8 Å². The summed E-state index contributed by atoms with van der Waals surface area (Å²) in [6, 6.07) is 10.3. The van der Waals surface area contributed by atoms with Gasteiger partial charge in [0.15, 0.2) is 0 Å². The van der Waals surface area contributed by atoms with Crippen LogP contribution < -0.4 is 6.15 Å². The van der Waals surface area contributed by atoms with Crippen molar-refractivity contribution in [2.75, 3.05) is 0 Å². The minimum atomic E-state index is -2.87. The summed E-state index contributed by atoms with van der Waals surface area (Å²) >= 11 is 0. The fourth-order valence-corrected chi connectivity index (χ4v) is 0.995. The number of nitrogens with one attached hydrogen (secondary N) is 1. The molecule has 1 aromatic carbocycles. The van der Waals surface area contributed by atoms with Crippen LogP contribution >= 0.6 is 8.25 Å². The van der Waals surface area contributed by atoms with E-state index in [2.05, 4.69) is 23.2 Å². The number of para-hydroxylation sites is 1. The van der Waals surface area contributed by atoms with Gasteiger partial charge in [-0.25, -0.2) is 0 Å². The van der Waals surface area contributed by atoms with Crippen LogP contribution in [0.2, 0.25) is 0 Å². The van der Waals surface area contributed by atoms with Crippen molar-refractivity contribution in [3.63, 3.8) is 0 Å². The Balaban J connectivity index is 0.000000299. The first-order valence-corrected chi connectivity index (χ1v) is 4.74. The van der Waals surface area contributed by atoms with Gasteiger partial charge in [0, 0.05) is 16.3 Å². The summed E-state index contributed by atoms with van der Waals surface area (Å²) in [4.78, 5) is 17.4. The predicted octanol–water partition coefficient (Wildman–Crippen LogP) is 1.96. The lowest BCUT2D eigenvalue weighted by molar-refractivity contribution is 0.405. The molecule has 0 aliphatic rings. The van der Waals surface area contributed by atoms with Crippen molar-refractivity contribution in [1.82, 2.24) is 11.1 Å². The molecule has 0 unspecified atom stereocenters. The smallest absolute Gasteiger partial charge is 0.361 e. The maximum absolute atomic E-state index is 8.70. The van der Waals surface area contributed by atoms with Gasteiger partial charge in [0.05, 0.1) is 0 Å². The van der Waals surface area contributed by atoms with E-state index in [1.54, 1.807) is 0 Å². The molecule has 0 aliphatic carbocycles. The molecule has 6 N–H and O–H groups in total. The van der Waals surface area contributed by atoms with Crippen LogP contribution in [0.5, 0.6) is 0 Å². The van der Waals surface area contributed by atoms with Crippen LogP contribution in [0.1, 0.15) is 0 Å². The molecule has 0 amide bonds. The van der Waals surface area contributed by atoms with E-state index in [0.717, 1.165) is 0 Å². The van der Waals surface area contributed by atoms with Gasteiger partial charge in [-0.15, -0.1) is 9.79 Å². The molecule has 1 aromatic heterocycles. The lowest BCUT2D eigenvalue weighted by Crippen LogP contribution is -1.61. The Morgan fingerprint density at radius 2 is 1.71 bits per heavy atom. The van der Waals surface area contributed by atoms with Crippen LogP contribution in [0.15, 0.2) is 36.5 Å². The number of hydrogen-bond acceptors (Lipinski definition) is 2. The third-order valence-corrected chi connectivity index (χ3v) is 1.46. The van der Waals surface area contributed by atoms with E-state index in [1.807, 2.05) is 18.3 Å². The number of hydrogen-bond donors (Lipinski definition) is 4. The first-order valence-electron chi connectivity index (χ1n) is 3.57. The highest BCUT2D eigenvalue weighted by Crippen LogP contribution is 2.09. The van der Waals surface area contributed by atoms with Crippen molar-refractivity contribution < 1.29 is 14.4 Å². The number of aromatic amines is 1. The number of H-pyrrole nitrogens is 1. The molecule has 76 valence electrons. The van der Waals surface area contributed by atoms with E-state index in [-0.39, 0.29) is 6.15 Å². The number of fused-ring (bicyclic) bond motifs is 1. The molecule has 1 heterocycles. The molecular weight excluding hydrogens is 203 g/mol. The van der Waals surface area contributed by atoms with Gasteiger partial charge >= 0.3 is 8.25 Å². The largest absolute Gasteiger partial charge is 0.692 e. The van der Waals surface area contributed by atoms with E-state index in [9.17, 15) is 0 Å². The molecule has 0 aliphatic heterocycles. The van der Waals surface area contributed by atoms with Crippen molar-refractivity contribution >= 4 is 19.2 Å². The zero-order valence-corrected chi connectivity index (χ0v) is 8.32. The molecule has 0 saturated carbocycles. The molecule has 0 bridgehead atoms. The van der Waals surface area contributed by atoms with E-state index in [0.29, 0.717) is 0 Å². The molecule has 5 nitrogen and oxygen atoms in total. The number of aromatic nitrogens is 1. The van der Waals surface area contributed by atoms with E-state index < -0.39 is 8.25 Å². The second-order valence-corrected chi connectivity index (χ2v) is 2.82. The highest BCUT2D eigenvalue weighted by Gasteiger charge is 1.93. The van der Waals surface area contributed by atoms with Crippen LogP contribution in [0.25, 0.3) is 10.9 Å². The Labute approximate surface area is 81.9 Å². The second-order valence-electron chi connectivity index (χ2n) is 2.32. The number of benzene rings is 1. The van der Waals surface area contributed by atoms with Gasteiger partial charge in [-0.05, 0) is 17.5 Å². The van der Waals surface area contributed by atoms with Crippen LogP contribution in [0, 0.1) is 0 Å². The maximum atomic E-state index is 8.70. The van der Waals surface area contributed by atoms with E-state index in [4.69, 9.17) is 14.4 Å². The van der Waals surface area contributed by atoms with Gasteiger partial charge < -0.3 is 11.1 Å². The molecule has 2 rings (SSSR count).